The smallest absolute Gasteiger partial charge is 0.305 e. The maximum atomic E-state index is 11.9. The molecule has 6 heteroatoms. The molecule has 0 fully saturated rings. The van der Waals surface area contributed by atoms with Gasteiger partial charge in [0.2, 0.25) is 0 Å². The first-order valence-electron chi connectivity index (χ1n) is 6.65. The Morgan fingerprint density at radius 3 is 2.52 bits per heavy atom. The predicted octanol–water partition coefficient (Wildman–Crippen LogP) is 1.59. The summed E-state index contributed by atoms with van der Waals surface area (Å²) < 4.78 is 2.55. The summed E-state index contributed by atoms with van der Waals surface area (Å²) in [6.45, 7) is 2.40. The molecule has 0 unspecified atom stereocenters. The van der Waals surface area contributed by atoms with Gasteiger partial charge in [-0.1, -0.05) is 29.8 Å². The van der Waals surface area contributed by atoms with Gasteiger partial charge in [0.05, 0.1) is 0 Å². The Kier molecular flexibility index (Phi) is 4.65. The van der Waals surface area contributed by atoms with Gasteiger partial charge in [-0.2, -0.15) is 0 Å². The van der Waals surface area contributed by atoms with Crippen LogP contribution in [0.1, 0.15) is 24.2 Å². The lowest BCUT2D eigenvalue weighted by atomic mass is 10.1. The summed E-state index contributed by atoms with van der Waals surface area (Å²) in [6.07, 6.45) is 0. The zero-order chi connectivity index (χ0) is 15.6. The van der Waals surface area contributed by atoms with E-state index in [1.54, 1.807) is 7.05 Å². The standard InChI is InChI=1S/C15H18ClN3O2/c1-10(12-6-4-5-7-13(12)16)17-9-11-8-14(20)19(3)15(21)18(11)2/h4-8,10,17H,9H2,1-3H3/t10-/m0/s1. The minimum Gasteiger partial charge on any atom is -0.305 e. The Morgan fingerprint density at radius 2 is 1.86 bits per heavy atom. The molecule has 1 aromatic heterocycles. The number of halogens is 1. The minimum atomic E-state index is -0.329. The van der Waals surface area contributed by atoms with Gasteiger partial charge in [0.15, 0.2) is 0 Å². The number of benzene rings is 1. The molecule has 1 aromatic carbocycles. The molecule has 0 saturated carbocycles. The maximum absolute atomic E-state index is 11.9. The monoisotopic (exact) mass is 307 g/mol. The number of aromatic nitrogens is 2. The Morgan fingerprint density at radius 1 is 1.19 bits per heavy atom. The molecule has 112 valence electrons. The molecule has 1 heterocycles. The molecule has 1 atom stereocenters. The van der Waals surface area contributed by atoms with Crippen molar-refractivity contribution in [2.24, 2.45) is 14.1 Å². The van der Waals surface area contributed by atoms with Crippen molar-refractivity contribution in [3.63, 3.8) is 0 Å². The number of hydrogen-bond acceptors (Lipinski definition) is 3. The molecule has 0 aliphatic rings. The molecule has 0 amide bonds. The summed E-state index contributed by atoms with van der Waals surface area (Å²) in [5, 5.41) is 3.97. The molecule has 0 aliphatic carbocycles. The van der Waals surface area contributed by atoms with Crippen LogP contribution in [0.25, 0.3) is 0 Å². The van der Waals surface area contributed by atoms with Gasteiger partial charge in [-0.15, -0.1) is 0 Å². The second-order valence-corrected chi connectivity index (χ2v) is 5.41. The van der Waals surface area contributed by atoms with E-state index in [0.29, 0.717) is 17.3 Å². The summed E-state index contributed by atoms with van der Waals surface area (Å²) >= 11 is 6.15. The maximum Gasteiger partial charge on any atom is 0.330 e. The molecule has 0 saturated heterocycles. The van der Waals surface area contributed by atoms with E-state index >= 15 is 0 Å². The topological polar surface area (TPSA) is 56.0 Å². The van der Waals surface area contributed by atoms with Gasteiger partial charge in [-0.25, -0.2) is 4.79 Å². The highest BCUT2D eigenvalue weighted by atomic mass is 35.5. The van der Waals surface area contributed by atoms with Crippen LogP contribution in [0.2, 0.25) is 5.02 Å². The van der Waals surface area contributed by atoms with Gasteiger partial charge < -0.3 is 5.32 Å². The van der Waals surface area contributed by atoms with Crippen LogP contribution in [0.15, 0.2) is 39.9 Å². The molecule has 0 aliphatic heterocycles. The van der Waals surface area contributed by atoms with Crippen molar-refractivity contribution < 1.29 is 0 Å². The molecule has 2 rings (SSSR count). The lowest BCUT2D eigenvalue weighted by molar-refractivity contribution is 0.540. The average Bonchev–Trinajstić information content (AvgIpc) is 2.47. The molecule has 21 heavy (non-hydrogen) atoms. The zero-order valence-electron chi connectivity index (χ0n) is 12.3. The molecule has 0 spiro atoms. The van der Waals surface area contributed by atoms with Gasteiger partial charge in [-0.05, 0) is 18.6 Å². The molecule has 0 radical (unpaired) electrons. The van der Waals surface area contributed by atoms with Crippen LogP contribution >= 0.6 is 11.6 Å². The van der Waals surface area contributed by atoms with E-state index in [1.165, 1.54) is 17.7 Å². The fourth-order valence-electron chi connectivity index (χ4n) is 2.14. The third-order valence-electron chi connectivity index (χ3n) is 3.59. The first kappa shape index (κ1) is 15.5. The van der Waals surface area contributed by atoms with E-state index < -0.39 is 0 Å². The normalized spacial score (nSPS) is 12.4. The van der Waals surface area contributed by atoms with Crippen molar-refractivity contribution in [3.8, 4) is 0 Å². The van der Waals surface area contributed by atoms with Gasteiger partial charge in [-0.3, -0.25) is 13.9 Å². The lowest BCUT2D eigenvalue weighted by Crippen LogP contribution is -2.39. The van der Waals surface area contributed by atoms with E-state index in [4.69, 9.17) is 11.6 Å². The number of rotatable bonds is 4. The highest BCUT2D eigenvalue weighted by Crippen LogP contribution is 2.22. The summed E-state index contributed by atoms with van der Waals surface area (Å²) in [6, 6.07) is 9.06. The van der Waals surface area contributed by atoms with Crippen molar-refractivity contribution in [1.29, 1.82) is 0 Å². The quantitative estimate of drug-likeness (QED) is 0.933. The van der Waals surface area contributed by atoms with Crippen molar-refractivity contribution >= 4 is 11.6 Å². The second-order valence-electron chi connectivity index (χ2n) is 5.00. The first-order valence-corrected chi connectivity index (χ1v) is 7.03. The van der Waals surface area contributed by atoms with E-state index in [1.807, 2.05) is 31.2 Å². The van der Waals surface area contributed by atoms with Crippen LogP contribution < -0.4 is 16.6 Å². The van der Waals surface area contributed by atoms with Crippen LogP contribution in [0.3, 0.4) is 0 Å². The highest BCUT2D eigenvalue weighted by Gasteiger charge is 2.10. The van der Waals surface area contributed by atoms with Crippen molar-refractivity contribution in [3.05, 3.63) is 67.4 Å². The molecule has 0 bridgehead atoms. The average molecular weight is 308 g/mol. The molecule has 5 nitrogen and oxygen atoms in total. The Hall–Kier alpha value is -1.85. The van der Waals surface area contributed by atoms with Gasteiger partial charge >= 0.3 is 5.69 Å². The SMILES string of the molecule is C[C@H](NCc1cc(=O)n(C)c(=O)n1C)c1ccccc1Cl. The molecule has 2 aromatic rings. The number of hydrogen-bond donors (Lipinski definition) is 1. The van der Waals surface area contributed by atoms with E-state index in [0.717, 1.165) is 10.1 Å². The summed E-state index contributed by atoms with van der Waals surface area (Å²) in [5.41, 5.74) is 0.986. The van der Waals surface area contributed by atoms with Crippen LogP contribution in [-0.2, 0) is 20.6 Å². The van der Waals surface area contributed by atoms with Crippen molar-refractivity contribution in [2.45, 2.75) is 19.5 Å². The largest absolute Gasteiger partial charge is 0.330 e. The minimum absolute atomic E-state index is 0.0119. The van der Waals surface area contributed by atoms with Crippen LogP contribution in [0.5, 0.6) is 0 Å². The summed E-state index contributed by atoms with van der Waals surface area (Å²) in [5.74, 6) is 0. The molecule has 1 N–H and O–H groups in total. The Labute approximate surface area is 127 Å². The Bertz CT molecular complexity index is 764. The van der Waals surface area contributed by atoms with Crippen LogP contribution in [0.4, 0.5) is 0 Å². The highest BCUT2D eigenvalue weighted by molar-refractivity contribution is 6.31. The fourth-order valence-corrected chi connectivity index (χ4v) is 2.44. The van der Waals surface area contributed by atoms with Gasteiger partial charge in [0.25, 0.3) is 5.56 Å². The lowest BCUT2D eigenvalue weighted by Gasteiger charge is -2.17. The molecular formula is C15H18ClN3O2. The van der Waals surface area contributed by atoms with Crippen molar-refractivity contribution in [1.82, 2.24) is 14.5 Å². The van der Waals surface area contributed by atoms with Crippen LogP contribution in [0, 0.1) is 0 Å². The predicted molar refractivity (Wildman–Crippen MR) is 83.6 cm³/mol. The summed E-state index contributed by atoms with van der Waals surface area (Å²) in [7, 11) is 3.12. The first-order chi connectivity index (χ1) is 9.91. The van der Waals surface area contributed by atoms with Gasteiger partial charge in [0.1, 0.15) is 0 Å². The third kappa shape index (κ3) is 3.25. The van der Waals surface area contributed by atoms with Crippen molar-refractivity contribution in [2.75, 3.05) is 0 Å². The number of nitrogens with zero attached hydrogens (tertiary/aromatic N) is 2. The zero-order valence-corrected chi connectivity index (χ0v) is 13.0. The van der Waals surface area contributed by atoms with Crippen LogP contribution in [-0.4, -0.2) is 9.13 Å². The second kappa shape index (κ2) is 6.28. The molecular weight excluding hydrogens is 290 g/mol. The van der Waals surface area contributed by atoms with E-state index in [-0.39, 0.29) is 17.3 Å². The van der Waals surface area contributed by atoms with Gasteiger partial charge in [0, 0.05) is 43.5 Å². The number of nitrogens with one attached hydrogen (secondary N) is 1. The van der Waals surface area contributed by atoms with E-state index in [9.17, 15) is 9.59 Å². The fraction of sp³-hybridized carbons (Fsp3) is 0.333. The summed E-state index contributed by atoms with van der Waals surface area (Å²) in [4.78, 5) is 23.5. The Balaban J connectivity index is 2.20. The third-order valence-corrected chi connectivity index (χ3v) is 3.93. The van der Waals surface area contributed by atoms with E-state index in [2.05, 4.69) is 5.32 Å².